The van der Waals surface area contributed by atoms with Crippen molar-refractivity contribution < 1.29 is 18.3 Å². The molecule has 0 aromatic rings. The molecule has 0 bridgehead atoms. The van der Waals surface area contributed by atoms with Crippen LogP contribution in [-0.4, -0.2) is 55.0 Å². The summed E-state index contributed by atoms with van der Waals surface area (Å²) in [6.07, 6.45) is 3.52. The summed E-state index contributed by atoms with van der Waals surface area (Å²) in [6.45, 7) is 1.32. The van der Waals surface area contributed by atoms with E-state index in [2.05, 4.69) is 0 Å². The minimum absolute atomic E-state index is 0.149. The number of carbonyl (C=O) groups is 1. The number of likely N-dealkylation sites (tertiary alicyclic amines) is 1. The summed E-state index contributed by atoms with van der Waals surface area (Å²) in [5, 5.41) is 8.24. The molecule has 0 radical (unpaired) electrons. The SMILES string of the molecule is O=C(C1CCCCS1(=O)=O)N1CCC(CO)CC1. The van der Waals surface area contributed by atoms with Gasteiger partial charge in [0.15, 0.2) is 9.84 Å². The van der Waals surface area contributed by atoms with Gasteiger partial charge in [0.25, 0.3) is 0 Å². The number of carbonyl (C=O) groups excluding carboxylic acids is 1. The number of amides is 1. The molecule has 2 saturated heterocycles. The Kier molecular flexibility index (Phi) is 4.27. The predicted molar refractivity (Wildman–Crippen MR) is 67.8 cm³/mol. The molecule has 2 fully saturated rings. The molecular weight excluding hydrogens is 254 g/mol. The van der Waals surface area contributed by atoms with Gasteiger partial charge in [0.1, 0.15) is 5.25 Å². The first-order valence-corrected chi connectivity index (χ1v) is 8.37. The highest BCUT2D eigenvalue weighted by Crippen LogP contribution is 2.24. The lowest BCUT2D eigenvalue weighted by Crippen LogP contribution is -2.48. The number of aliphatic hydroxyl groups excluding tert-OH is 1. The zero-order valence-electron chi connectivity index (χ0n) is 10.5. The largest absolute Gasteiger partial charge is 0.396 e. The number of aliphatic hydroxyl groups is 1. The Bertz CT molecular complexity index is 398. The van der Waals surface area contributed by atoms with Crippen LogP contribution in [0, 0.1) is 5.92 Å². The van der Waals surface area contributed by atoms with Crippen LogP contribution in [0.4, 0.5) is 0 Å². The van der Waals surface area contributed by atoms with E-state index in [1.807, 2.05) is 0 Å². The second-order valence-corrected chi connectivity index (χ2v) is 7.61. The normalized spacial score (nSPS) is 29.2. The number of piperidine rings is 1. The topological polar surface area (TPSA) is 74.7 Å². The Morgan fingerprint density at radius 2 is 1.83 bits per heavy atom. The summed E-state index contributed by atoms with van der Waals surface area (Å²) in [4.78, 5) is 13.9. The Morgan fingerprint density at radius 3 is 2.39 bits per heavy atom. The molecule has 0 aromatic heterocycles. The van der Waals surface area contributed by atoms with Crippen LogP contribution in [0.3, 0.4) is 0 Å². The Labute approximate surface area is 108 Å². The standard InChI is InChI=1S/C12H21NO4S/c14-9-10-4-6-13(7-5-10)12(15)11-3-1-2-8-18(11,16)17/h10-11,14H,1-9H2. The van der Waals surface area contributed by atoms with Gasteiger partial charge < -0.3 is 10.0 Å². The highest BCUT2D eigenvalue weighted by molar-refractivity contribution is 7.92. The molecule has 1 atom stereocenters. The molecule has 0 aliphatic carbocycles. The van der Waals surface area contributed by atoms with Crippen molar-refractivity contribution in [3.63, 3.8) is 0 Å². The van der Waals surface area contributed by atoms with Crippen LogP contribution in [0.2, 0.25) is 0 Å². The van der Waals surface area contributed by atoms with E-state index in [4.69, 9.17) is 5.11 Å². The van der Waals surface area contributed by atoms with Gasteiger partial charge in [-0.2, -0.15) is 0 Å². The van der Waals surface area contributed by atoms with Crippen LogP contribution < -0.4 is 0 Å². The molecule has 104 valence electrons. The monoisotopic (exact) mass is 275 g/mol. The average molecular weight is 275 g/mol. The van der Waals surface area contributed by atoms with Crippen molar-refractivity contribution in [3.05, 3.63) is 0 Å². The highest BCUT2D eigenvalue weighted by atomic mass is 32.2. The molecular formula is C12H21NO4S. The summed E-state index contributed by atoms with van der Waals surface area (Å²) in [7, 11) is -3.23. The molecule has 0 saturated carbocycles. The van der Waals surface area contributed by atoms with E-state index >= 15 is 0 Å². The molecule has 2 aliphatic heterocycles. The van der Waals surface area contributed by atoms with Gasteiger partial charge >= 0.3 is 0 Å². The fourth-order valence-corrected chi connectivity index (χ4v) is 4.64. The molecule has 0 spiro atoms. The van der Waals surface area contributed by atoms with Crippen LogP contribution in [0.25, 0.3) is 0 Å². The zero-order valence-corrected chi connectivity index (χ0v) is 11.4. The molecule has 1 unspecified atom stereocenters. The molecule has 0 aromatic carbocycles. The van der Waals surface area contributed by atoms with Crippen molar-refractivity contribution >= 4 is 15.7 Å². The lowest BCUT2D eigenvalue weighted by molar-refractivity contribution is -0.132. The van der Waals surface area contributed by atoms with E-state index in [-0.39, 0.29) is 24.2 Å². The second kappa shape index (κ2) is 5.57. The molecule has 2 heterocycles. The third-order valence-electron chi connectivity index (χ3n) is 4.04. The number of hydrogen-bond acceptors (Lipinski definition) is 4. The smallest absolute Gasteiger partial charge is 0.240 e. The number of rotatable bonds is 2. The Morgan fingerprint density at radius 1 is 1.17 bits per heavy atom. The first-order valence-electron chi connectivity index (χ1n) is 6.66. The fourth-order valence-electron chi connectivity index (χ4n) is 2.77. The lowest BCUT2D eigenvalue weighted by Gasteiger charge is -2.34. The quantitative estimate of drug-likeness (QED) is 0.780. The zero-order chi connectivity index (χ0) is 13.2. The van der Waals surface area contributed by atoms with Crippen LogP contribution in [-0.2, 0) is 14.6 Å². The minimum Gasteiger partial charge on any atom is -0.396 e. The lowest BCUT2D eigenvalue weighted by atomic mass is 9.97. The van der Waals surface area contributed by atoms with Gasteiger partial charge in [0.2, 0.25) is 5.91 Å². The molecule has 2 aliphatic rings. The maximum atomic E-state index is 12.2. The van der Waals surface area contributed by atoms with Gasteiger partial charge in [0.05, 0.1) is 5.75 Å². The van der Waals surface area contributed by atoms with Crippen molar-refractivity contribution in [2.75, 3.05) is 25.4 Å². The van der Waals surface area contributed by atoms with Crippen LogP contribution in [0.5, 0.6) is 0 Å². The van der Waals surface area contributed by atoms with Gasteiger partial charge in [-0.1, -0.05) is 6.42 Å². The van der Waals surface area contributed by atoms with Crippen molar-refractivity contribution in [2.45, 2.75) is 37.4 Å². The average Bonchev–Trinajstić information content (AvgIpc) is 2.37. The van der Waals surface area contributed by atoms with Crippen LogP contribution >= 0.6 is 0 Å². The summed E-state index contributed by atoms with van der Waals surface area (Å²) in [6, 6.07) is 0. The van der Waals surface area contributed by atoms with Crippen LogP contribution in [0.1, 0.15) is 32.1 Å². The maximum Gasteiger partial charge on any atom is 0.240 e. The number of hydrogen-bond donors (Lipinski definition) is 1. The van der Waals surface area contributed by atoms with Gasteiger partial charge in [0, 0.05) is 19.7 Å². The molecule has 18 heavy (non-hydrogen) atoms. The van der Waals surface area contributed by atoms with Gasteiger partial charge in [-0.15, -0.1) is 0 Å². The first-order chi connectivity index (χ1) is 8.54. The Hall–Kier alpha value is -0.620. The Balaban J connectivity index is 1.99. The van der Waals surface area contributed by atoms with Crippen molar-refractivity contribution in [2.24, 2.45) is 5.92 Å². The summed E-state index contributed by atoms with van der Waals surface area (Å²) in [5.41, 5.74) is 0. The van der Waals surface area contributed by atoms with Gasteiger partial charge in [-0.25, -0.2) is 8.42 Å². The van der Waals surface area contributed by atoms with Crippen molar-refractivity contribution in [1.82, 2.24) is 4.90 Å². The third-order valence-corrected chi connectivity index (χ3v) is 6.20. The van der Waals surface area contributed by atoms with Crippen molar-refractivity contribution in [3.8, 4) is 0 Å². The number of sulfone groups is 1. The molecule has 6 heteroatoms. The van der Waals surface area contributed by atoms with Gasteiger partial charge in [-0.3, -0.25) is 4.79 Å². The van der Waals surface area contributed by atoms with E-state index in [1.54, 1.807) is 4.90 Å². The van der Waals surface area contributed by atoms with Crippen LogP contribution in [0.15, 0.2) is 0 Å². The summed E-state index contributed by atoms with van der Waals surface area (Å²) >= 11 is 0. The van der Waals surface area contributed by atoms with E-state index in [0.717, 1.165) is 19.3 Å². The summed E-state index contributed by atoms with van der Waals surface area (Å²) in [5.74, 6) is 0.194. The van der Waals surface area contributed by atoms with E-state index in [0.29, 0.717) is 25.9 Å². The number of nitrogens with zero attached hydrogens (tertiary/aromatic N) is 1. The van der Waals surface area contributed by atoms with E-state index < -0.39 is 15.1 Å². The van der Waals surface area contributed by atoms with E-state index in [9.17, 15) is 13.2 Å². The summed E-state index contributed by atoms with van der Waals surface area (Å²) < 4.78 is 23.8. The maximum absolute atomic E-state index is 12.2. The molecule has 2 rings (SSSR count). The molecule has 1 amide bonds. The second-order valence-electron chi connectivity index (χ2n) is 5.30. The van der Waals surface area contributed by atoms with Crippen molar-refractivity contribution in [1.29, 1.82) is 0 Å². The minimum atomic E-state index is -3.23. The first kappa shape index (κ1) is 13.8. The van der Waals surface area contributed by atoms with E-state index in [1.165, 1.54) is 0 Å². The fraction of sp³-hybridized carbons (Fsp3) is 0.917. The van der Waals surface area contributed by atoms with Gasteiger partial charge in [-0.05, 0) is 31.6 Å². The molecule has 5 nitrogen and oxygen atoms in total. The predicted octanol–water partition coefficient (Wildman–Crippen LogP) is 0.185. The highest BCUT2D eigenvalue weighted by Gasteiger charge is 2.38. The molecule has 1 N–H and O–H groups in total. The third kappa shape index (κ3) is 2.85.